The first-order valence-electron chi connectivity index (χ1n) is 4.06. The van der Waals surface area contributed by atoms with Crippen molar-refractivity contribution in [3.8, 4) is 0 Å². The van der Waals surface area contributed by atoms with E-state index in [2.05, 4.69) is 5.32 Å². The van der Waals surface area contributed by atoms with Gasteiger partial charge in [-0.1, -0.05) is 20.8 Å². The largest absolute Gasteiger partial charge is 0.368 e. The second-order valence-corrected chi connectivity index (χ2v) is 4.03. The predicted octanol–water partition coefficient (Wildman–Crippen LogP) is -1.04. The van der Waals surface area contributed by atoms with Crippen LogP contribution in [0.2, 0.25) is 0 Å². The molecule has 0 bridgehead atoms. The van der Waals surface area contributed by atoms with Crippen LogP contribution in [0.4, 0.5) is 0 Å². The Kier molecular flexibility index (Phi) is 3.87. The number of primary amides is 1. The molecule has 2 amide bonds. The highest BCUT2D eigenvalue weighted by molar-refractivity contribution is 5.87. The molecule has 0 aromatic carbocycles. The number of carbonyl (C=O) groups is 2. The number of carbonyl (C=O) groups excluding carboxylic acids is 2. The first-order chi connectivity index (χ1) is 5.75. The van der Waals surface area contributed by atoms with Gasteiger partial charge in [-0.25, -0.2) is 0 Å². The lowest BCUT2D eigenvalue weighted by atomic mass is 9.87. The maximum atomic E-state index is 11.3. The molecular formula is C8H17N3O2. The van der Waals surface area contributed by atoms with Gasteiger partial charge >= 0.3 is 0 Å². The van der Waals surface area contributed by atoms with Gasteiger partial charge in [-0.2, -0.15) is 0 Å². The highest BCUT2D eigenvalue weighted by atomic mass is 16.2. The summed E-state index contributed by atoms with van der Waals surface area (Å²) in [7, 11) is 0. The topological polar surface area (TPSA) is 98.2 Å². The molecule has 0 aliphatic rings. The summed E-state index contributed by atoms with van der Waals surface area (Å²) in [6.45, 7) is 5.38. The smallest absolute Gasteiger partial charge is 0.237 e. The number of hydrogen-bond donors (Lipinski definition) is 3. The van der Waals surface area contributed by atoms with Crippen LogP contribution in [0.5, 0.6) is 0 Å². The van der Waals surface area contributed by atoms with Crippen molar-refractivity contribution in [1.82, 2.24) is 5.32 Å². The van der Waals surface area contributed by atoms with Gasteiger partial charge < -0.3 is 16.8 Å². The average molecular weight is 187 g/mol. The maximum Gasteiger partial charge on any atom is 0.237 e. The van der Waals surface area contributed by atoms with E-state index in [-0.39, 0.29) is 17.9 Å². The molecule has 13 heavy (non-hydrogen) atoms. The standard InChI is InChI=1S/C8H17N3O2/c1-8(2,3)6(10)7(13)11-4-5(9)12/h6H,4,10H2,1-3H3,(H2,9,12)(H,11,13)/t6-/m0/s1. The lowest BCUT2D eigenvalue weighted by Gasteiger charge is -2.25. The molecule has 0 aliphatic carbocycles. The lowest BCUT2D eigenvalue weighted by molar-refractivity contribution is -0.127. The molecule has 0 saturated heterocycles. The van der Waals surface area contributed by atoms with E-state index in [1.807, 2.05) is 20.8 Å². The minimum Gasteiger partial charge on any atom is -0.368 e. The SMILES string of the molecule is CC(C)(C)[C@@H](N)C(=O)NCC(N)=O. The fourth-order valence-electron chi connectivity index (χ4n) is 0.677. The van der Waals surface area contributed by atoms with Crippen LogP contribution in [-0.4, -0.2) is 24.4 Å². The third kappa shape index (κ3) is 4.47. The molecule has 5 nitrogen and oxygen atoms in total. The Morgan fingerprint density at radius 3 is 2.15 bits per heavy atom. The molecule has 76 valence electrons. The van der Waals surface area contributed by atoms with Gasteiger partial charge in [-0.3, -0.25) is 9.59 Å². The maximum absolute atomic E-state index is 11.3. The Morgan fingerprint density at radius 2 is 1.85 bits per heavy atom. The highest BCUT2D eigenvalue weighted by Gasteiger charge is 2.27. The van der Waals surface area contributed by atoms with E-state index in [4.69, 9.17) is 11.5 Å². The fourth-order valence-corrected chi connectivity index (χ4v) is 0.677. The Morgan fingerprint density at radius 1 is 1.38 bits per heavy atom. The zero-order valence-electron chi connectivity index (χ0n) is 8.26. The molecule has 1 atom stereocenters. The third-order valence-electron chi connectivity index (χ3n) is 1.65. The first kappa shape index (κ1) is 11.9. The number of nitrogens with one attached hydrogen (secondary N) is 1. The van der Waals surface area contributed by atoms with Crippen LogP contribution >= 0.6 is 0 Å². The third-order valence-corrected chi connectivity index (χ3v) is 1.65. The second kappa shape index (κ2) is 4.23. The monoisotopic (exact) mass is 187 g/mol. The average Bonchev–Trinajstić information content (AvgIpc) is 1.96. The van der Waals surface area contributed by atoms with E-state index in [9.17, 15) is 9.59 Å². The van der Waals surface area contributed by atoms with E-state index in [1.165, 1.54) is 0 Å². The minimum absolute atomic E-state index is 0.164. The molecule has 0 aliphatic heterocycles. The fraction of sp³-hybridized carbons (Fsp3) is 0.750. The van der Waals surface area contributed by atoms with E-state index in [1.54, 1.807) is 0 Å². The summed E-state index contributed by atoms with van der Waals surface area (Å²) in [6, 6.07) is -0.633. The van der Waals surface area contributed by atoms with Crippen LogP contribution < -0.4 is 16.8 Å². The van der Waals surface area contributed by atoms with Crippen molar-refractivity contribution in [2.45, 2.75) is 26.8 Å². The van der Waals surface area contributed by atoms with Crippen LogP contribution in [0.25, 0.3) is 0 Å². The molecule has 0 rings (SSSR count). The summed E-state index contributed by atoms with van der Waals surface area (Å²) in [5.74, 6) is -0.930. The van der Waals surface area contributed by atoms with Gasteiger partial charge in [0.05, 0.1) is 12.6 Å². The Balaban J connectivity index is 4.05. The highest BCUT2D eigenvalue weighted by Crippen LogP contribution is 2.16. The summed E-state index contributed by atoms with van der Waals surface area (Å²) in [5, 5.41) is 2.35. The number of amides is 2. The molecule has 0 aromatic heterocycles. The summed E-state index contributed by atoms with van der Waals surface area (Å²) in [6.07, 6.45) is 0. The Bertz CT molecular complexity index is 208. The summed E-state index contributed by atoms with van der Waals surface area (Å²) < 4.78 is 0. The summed E-state index contributed by atoms with van der Waals surface area (Å²) >= 11 is 0. The van der Waals surface area contributed by atoms with Crippen molar-refractivity contribution in [2.75, 3.05) is 6.54 Å². The minimum atomic E-state index is -0.633. The van der Waals surface area contributed by atoms with Crippen LogP contribution in [-0.2, 0) is 9.59 Å². The Labute approximate surface area is 77.8 Å². The van der Waals surface area contributed by atoms with Crippen molar-refractivity contribution in [3.63, 3.8) is 0 Å². The van der Waals surface area contributed by atoms with Crippen LogP contribution in [0.1, 0.15) is 20.8 Å². The normalized spacial score (nSPS) is 13.5. The molecule has 0 heterocycles. The van der Waals surface area contributed by atoms with E-state index in [0.29, 0.717) is 0 Å². The van der Waals surface area contributed by atoms with E-state index in [0.717, 1.165) is 0 Å². The van der Waals surface area contributed by atoms with Gasteiger partial charge in [0.2, 0.25) is 11.8 Å². The van der Waals surface area contributed by atoms with Crippen LogP contribution in [0.15, 0.2) is 0 Å². The van der Waals surface area contributed by atoms with Crippen molar-refractivity contribution < 1.29 is 9.59 Å². The van der Waals surface area contributed by atoms with Gasteiger partial charge in [-0.15, -0.1) is 0 Å². The predicted molar refractivity (Wildman–Crippen MR) is 49.6 cm³/mol. The van der Waals surface area contributed by atoms with Crippen molar-refractivity contribution in [2.24, 2.45) is 16.9 Å². The quantitative estimate of drug-likeness (QED) is 0.526. The second-order valence-electron chi connectivity index (χ2n) is 4.03. The summed E-state index contributed by atoms with van der Waals surface area (Å²) in [5.41, 5.74) is 10.2. The number of rotatable bonds is 3. The number of nitrogens with two attached hydrogens (primary N) is 2. The zero-order valence-corrected chi connectivity index (χ0v) is 8.26. The van der Waals surface area contributed by atoms with Gasteiger partial charge in [0.1, 0.15) is 0 Å². The Hall–Kier alpha value is -1.10. The van der Waals surface area contributed by atoms with Gasteiger partial charge in [0, 0.05) is 0 Å². The van der Waals surface area contributed by atoms with Crippen molar-refractivity contribution in [1.29, 1.82) is 0 Å². The van der Waals surface area contributed by atoms with Gasteiger partial charge in [0.15, 0.2) is 0 Å². The molecule has 5 heteroatoms. The molecule has 0 fully saturated rings. The van der Waals surface area contributed by atoms with Crippen molar-refractivity contribution >= 4 is 11.8 Å². The number of hydrogen-bond acceptors (Lipinski definition) is 3. The van der Waals surface area contributed by atoms with Gasteiger partial charge in [-0.05, 0) is 5.41 Å². The van der Waals surface area contributed by atoms with E-state index < -0.39 is 11.9 Å². The molecule has 0 radical (unpaired) electrons. The first-order valence-corrected chi connectivity index (χ1v) is 4.06. The summed E-state index contributed by atoms with van der Waals surface area (Å²) in [4.78, 5) is 21.6. The van der Waals surface area contributed by atoms with Crippen LogP contribution in [0, 0.1) is 5.41 Å². The molecule has 0 spiro atoms. The molecule has 0 unspecified atom stereocenters. The lowest BCUT2D eigenvalue weighted by Crippen LogP contribution is -2.50. The molecule has 0 saturated carbocycles. The van der Waals surface area contributed by atoms with Gasteiger partial charge in [0.25, 0.3) is 0 Å². The van der Waals surface area contributed by atoms with Crippen molar-refractivity contribution in [3.05, 3.63) is 0 Å². The molecule has 0 aromatic rings. The zero-order chi connectivity index (χ0) is 10.6. The van der Waals surface area contributed by atoms with Crippen LogP contribution in [0.3, 0.4) is 0 Å². The molecular weight excluding hydrogens is 170 g/mol. The molecule has 5 N–H and O–H groups in total. The van der Waals surface area contributed by atoms with E-state index >= 15 is 0 Å².